The van der Waals surface area contributed by atoms with Gasteiger partial charge < -0.3 is 19.5 Å². The molecule has 0 radical (unpaired) electrons. The van der Waals surface area contributed by atoms with Crippen molar-refractivity contribution >= 4 is 23.0 Å². The minimum absolute atomic E-state index is 0.194. The molecule has 0 amide bonds. The van der Waals surface area contributed by atoms with Gasteiger partial charge in [0.05, 0.1) is 11.7 Å². The molecule has 38 heavy (non-hydrogen) atoms. The molecule has 1 fully saturated rings. The van der Waals surface area contributed by atoms with Gasteiger partial charge in [-0.3, -0.25) is 4.98 Å². The van der Waals surface area contributed by atoms with Crippen molar-refractivity contribution in [2.75, 3.05) is 4.90 Å². The number of pyridine rings is 1. The van der Waals surface area contributed by atoms with E-state index in [0.717, 1.165) is 39.8 Å². The van der Waals surface area contributed by atoms with E-state index in [4.69, 9.17) is 17.0 Å². The number of benzene rings is 3. The largest absolute Gasteiger partial charge is 0.457 e. The van der Waals surface area contributed by atoms with Crippen molar-refractivity contribution in [2.24, 2.45) is 0 Å². The Bertz CT molecular complexity index is 1570. The SMILES string of the molecule is Cc1ccccc1Oc1ccc(N2C(=S)N[C@@H](c3ccccn3)[C@H]2c2cccn2-c2ccc(F)cc2)cc1. The fourth-order valence-corrected chi connectivity index (χ4v) is 5.22. The third-order valence-corrected chi connectivity index (χ3v) is 7.04. The third kappa shape index (κ3) is 4.53. The molecule has 5 nitrogen and oxygen atoms in total. The van der Waals surface area contributed by atoms with Crippen LogP contribution in [0.4, 0.5) is 10.1 Å². The molecule has 1 saturated heterocycles. The highest BCUT2D eigenvalue weighted by Crippen LogP contribution is 2.42. The number of para-hydroxylation sites is 1. The highest BCUT2D eigenvalue weighted by molar-refractivity contribution is 7.80. The van der Waals surface area contributed by atoms with E-state index in [1.54, 1.807) is 18.3 Å². The molecular formula is C31H25FN4OS. The van der Waals surface area contributed by atoms with E-state index in [-0.39, 0.29) is 17.9 Å². The smallest absolute Gasteiger partial charge is 0.174 e. The summed E-state index contributed by atoms with van der Waals surface area (Å²) < 4.78 is 21.9. The van der Waals surface area contributed by atoms with Gasteiger partial charge in [-0.1, -0.05) is 24.3 Å². The predicted octanol–water partition coefficient (Wildman–Crippen LogP) is 7.29. The molecule has 0 aliphatic carbocycles. The maximum absolute atomic E-state index is 13.7. The summed E-state index contributed by atoms with van der Waals surface area (Å²) in [5.41, 5.74) is 4.75. The number of hydrogen-bond acceptors (Lipinski definition) is 3. The number of hydrogen-bond donors (Lipinski definition) is 1. The molecule has 0 saturated carbocycles. The number of nitrogens with one attached hydrogen (secondary N) is 1. The van der Waals surface area contributed by atoms with Gasteiger partial charge in [0.2, 0.25) is 0 Å². The lowest BCUT2D eigenvalue weighted by Crippen LogP contribution is -2.30. The number of thiocarbonyl (C=S) groups is 1. The topological polar surface area (TPSA) is 42.3 Å². The summed E-state index contributed by atoms with van der Waals surface area (Å²) in [6, 6.07) is 31.9. The van der Waals surface area contributed by atoms with E-state index in [2.05, 4.69) is 25.8 Å². The molecule has 7 heteroatoms. The summed E-state index contributed by atoms with van der Waals surface area (Å²) in [7, 11) is 0. The van der Waals surface area contributed by atoms with Crippen LogP contribution in [0.5, 0.6) is 11.5 Å². The highest BCUT2D eigenvalue weighted by Gasteiger charge is 2.42. The van der Waals surface area contributed by atoms with E-state index >= 15 is 0 Å². The van der Waals surface area contributed by atoms with E-state index in [9.17, 15) is 4.39 Å². The normalized spacial score (nSPS) is 16.9. The molecule has 188 valence electrons. The number of aromatic nitrogens is 2. The zero-order valence-electron chi connectivity index (χ0n) is 20.7. The van der Waals surface area contributed by atoms with Gasteiger partial charge in [-0.15, -0.1) is 0 Å². The summed E-state index contributed by atoms with van der Waals surface area (Å²) in [6.45, 7) is 2.02. The molecule has 1 aliphatic rings. The van der Waals surface area contributed by atoms with Crippen LogP contribution in [0.25, 0.3) is 5.69 Å². The van der Waals surface area contributed by atoms with Crippen molar-refractivity contribution in [2.45, 2.75) is 19.0 Å². The summed E-state index contributed by atoms with van der Waals surface area (Å²) in [6.07, 6.45) is 3.77. The molecule has 3 aromatic carbocycles. The fourth-order valence-electron chi connectivity index (χ4n) is 4.88. The lowest BCUT2D eigenvalue weighted by Gasteiger charge is -2.29. The van der Waals surface area contributed by atoms with E-state index in [1.807, 2.05) is 85.9 Å². The molecule has 5 aromatic rings. The number of ether oxygens (including phenoxy) is 1. The van der Waals surface area contributed by atoms with E-state index < -0.39 is 0 Å². The summed E-state index contributed by atoms with van der Waals surface area (Å²) in [5.74, 6) is 1.30. The number of rotatable bonds is 6. The van der Waals surface area contributed by atoms with Crippen molar-refractivity contribution in [1.82, 2.24) is 14.9 Å². The van der Waals surface area contributed by atoms with Crippen LogP contribution in [0.15, 0.2) is 116 Å². The zero-order valence-corrected chi connectivity index (χ0v) is 21.5. The summed E-state index contributed by atoms with van der Waals surface area (Å²) in [4.78, 5) is 6.75. The molecule has 3 heterocycles. The van der Waals surface area contributed by atoms with Gasteiger partial charge in [0, 0.05) is 29.5 Å². The fraction of sp³-hybridized carbons (Fsp3) is 0.0968. The first kappa shape index (κ1) is 23.9. The monoisotopic (exact) mass is 520 g/mol. The number of aryl methyl sites for hydroxylation is 1. The highest BCUT2D eigenvalue weighted by atomic mass is 32.1. The Kier molecular flexibility index (Phi) is 6.35. The molecule has 1 N–H and O–H groups in total. The predicted molar refractivity (Wildman–Crippen MR) is 151 cm³/mol. The lowest BCUT2D eigenvalue weighted by molar-refractivity contribution is 0.479. The Morgan fingerprint density at radius 2 is 1.58 bits per heavy atom. The Hall–Kier alpha value is -4.49. The van der Waals surface area contributed by atoms with E-state index in [0.29, 0.717) is 5.11 Å². The van der Waals surface area contributed by atoms with Gasteiger partial charge in [-0.25, -0.2) is 4.39 Å². The van der Waals surface area contributed by atoms with Crippen LogP contribution in [0.3, 0.4) is 0 Å². The van der Waals surface area contributed by atoms with Crippen LogP contribution in [0.1, 0.15) is 29.0 Å². The van der Waals surface area contributed by atoms with Gasteiger partial charge in [-0.05, 0) is 104 Å². The first-order chi connectivity index (χ1) is 18.6. The molecule has 6 rings (SSSR count). The number of halogens is 1. The van der Waals surface area contributed by atoms with Crippen LogP contribution >= 0.6 is 12.2 Å². The Balaban J connectivity index is 1.40. The minimum atomic E-state index is -0.271. The first-order valence-electron chi connectivity index (χ1n) is 12.4. The average Bonchev–Trinajstić information content (AvgIpc) is 3.56. The van der Waals surface area contributed by atoms with Gasteiger partial charge >= 0.3 is 0 Å². The van der Waals surface area contributed by atoms with Crippen LogP contribution in [0.2, 0.25) is 0 Å². The molecule has 0 spiro atoms. The van der Waals surface area contributed by atoms with Crippen molar-refractivity contribution in [3.63, 3.8) is 0 Å². The lowest BCUT2D eigenvalue weighted by atomic mass is 10.0. The maximum atomic E-state index is 13.7. The molecule has 0 bridgehead atoms. The van der Waals surface area contributed by atoms with Gasteiger partial charge in [-0.2, -0.15) is 0 Å². The van der Waals surface area contributed by atoms with Gasteiger partial charge in [0.15, 0.2) is 5.11 Å². The molecule has 1 aliphatic heterocycles. The molecule has 0 unspecified atom stereocenters. The minimum Gasteiger partial charge on any atom is -0.457 e. The Morgan fingerprint density at radius 1 is 0.842 bits per heavy atom. The standard InChI is InChI=1S/C31H25FN4OS/c1-21-7-2-3-10-28(21)37-25-17-15-24(16-18-25)36-30(29(34-31(36)38)26-8-4-5-19-33-26)27-9-6-20-35(27)23-13-11-22(32)12-14-23/h2-20,29-30H,1H3,(H,34,38)/t29-,30+/m0/s1. The number of anilines is 1. The quantitative estimate of drug-likeness (QED) is 0.238. The zero-order chi connectivity index (χ0) is 26.1. The third-order valence-electron chi connectivity index (χ3n) is 6.72. The van der Waals surface area contributed by atoms with Gasteiger partial charge in [0.1, 0.15) is 23.4 Å². The molecular weight excluding hydrogens is 495 g/mol. The average molecular weight is 521 g/mol. The number of nitrogens with zero attached hydrogens (tertiary/aromatic N) is 3. The first-order valence-corrected chi connectivity index (χ1v) is 12.8. The van der Waals surface area contributed by atoms with Gasteiger partial charge in [0.25, 0.3) is 0 Å². The Morgan fingerprint density at radius 3 is 2.32 bits per heavy atom. The van der Waals surface area contributed by atoms with Crippen molar-refractivity contribution in [3.8, 4) is 17.2 Å². The second-order valence-corrected chi connectivity index (χ2v) is 9.52. The van der Waals surface area contributed by atoms with Crippen LogP contribution in [-0.4, -0.2) is 14.7 Å². The molecule has 2 aromatic heterocycles. The summed E-state index contributed by atoms with van der Waals surface area (Å²) in [5, 5.41) is 4.10. The van der Waals surface area contributed by atoms with Crippen molar-refractivity contribution < 1.29 is 9.13 Å². The second-order valence-electron chi connectivity index (χ2n) is 9.14. The van der Waals surface area contributed by atoms with E-state index in [1.165, 1.54) is 12.1 Å². The maximum Gasteiger partial charge on any atom is 0.174 e. The second kappa shape index (κ2) is 10.1. The Labute approximate surface area is 226 Å². The van der Waals surface area contributed by atoms with Crippen LogP contribution in [-0.2, 0) is 0 Å². The van der Waals surface area contributed by atoms with Crippen LogP contribution < -0.4 is 15.0 Å². The van der Waals surface area contributed by atoms with Crippen molar-refractivity contribution in [1.29, 1.82) is 0 Å². The summed E-state index contributed by atoms with van der Waals surface area (Å²) >= 11 is 5.88. The molecule has 2 atom stereocenters. The van der Waals surface area contributed by atoms with Crippen LogP contribution in [0, 0.1) is 12.7 Å². The van der Waals surface area contributed by atoms with Crippen molar-refractivity contribution in [3.05, 3.63) is 138 Å².